The topological polar surface area (TPSA) is 90.6 Å². The third kappa shape index (κ3) is 4.49. The van der Waals surface area contributed by atoms with Crippen molar-refractivity contribution < 1.29 is 19.4 Å². The smallest absolute Gasteiger partial charge is 0.415 e. The van der Waals surface area contributed by atoms with Gasteiger partial charge in [-0.3, -0.25) is 4.90 Å². The molecule has 0 aliphatic rings. The van der Waals surface area contributed by atoms with E-state index in [9.17, 15) is 9.59 Å². The summed E-state index contributed by atoms with van der Waals surface area (Å²) in [6.07, 6.45) is -0.748. The Bertz CT molecular complexity index is 567. The molecule has 1 aromatic rings. The maximum atomic E-state index is 12.2. The number of hydrogen-bond donors (Lipinski definition) is 1. The summed E-state index contributed by atoms with van der Waals surface area (Å²) in [7, 11) is 0. The van der Waals surface area contributed by atoms with Gasteiger partial charge in [0, 0.05) is 5.69 Å². The van der Waals surface area contributed by atoms with Crippen molar-refractivity contribution in [3.63, 3.8) is 0 Å². The van der Waals surface area contributed by atoms with Crippen LogP contribution in [0.4, 0.5) is 10.5 Å². The number of amides is 1. The minimum absolute atomic E-state index is 0.359. The number of carbonyl (C=O) groups is 2. The largest absolute Gasteiger partial charge is 0.480 e. The molecule has 1 N–H and O–H groups in total. The van der Waals surface area contributed by atoms with Crippen LogP contribution in [0.2, 0.25) is 0 Å². The Balaban J connectivity index is 3.16. The molecule has 1 rings (SSSR count). The minimum Gasteiger partial charge on any atom is -0.480 e. The van der Waals surface area contributed by atoms with E-state index in [2.05, 4.69) is 0 Å². The van der Waals surface area contributed by atoms with Crippen molar-refractivity contribution in [2.24, 2.45) is 0 Å². The van der Waals surface area contributed by atoms with Gasteiger partial charge in [0.2, 0.25) is 0 Å². The fraction of sp³-hybridized carbons (Fsp3) is 0.400. The first-order valence-corrected chi connectivity index (χ1v) is 6.41. The molecule has 0 aliphatic heterocycles. The molecule has 6 heteroatoms. The Hall–Kier alpha value is -2.55. The van der Waals surface area contributed by atoms with Gasteiger partial charge in [0.1, 0.15) is 11.6 Å². The number of carboxylic acids is 1. The van der Waals surface area contributed by atoms with E-state index in [1.54, 1.807) is 20.8 Å². The Labute approximate surface area is 123 Å². The van der Waals surface area contributed by atoms with E-state index in [-0.39, 0.29) is 0 Å². The van der Waals surface area contributed by atoms with Gasteiger partial charge >= 0.3 is 12.1 Å². The molecule has 0 fully saturated rings. The van der Waals surface area contributed by atoms with E-state index in [0.29, 0.717) is 11.3 Å². The number of carbonyl (C=O) groups excluding carboxylic acids is 1. The number of carboxylic acid groups (broad SMARTS) is 1. The Morgan fingerprint density at radius 1 is 1.29 bits per heavy atom. The average Bonchev–Trinajstić information content (AvgIpc) is 2.37. The second-order valence-electron chi connectivity index (χ2n) is 5.52. The predicted octanol–water partition coefficient (Wildman–Crippen LogP) is 2.77. The van der Waals surface area contributed by atoms with E-state index in [0.717, 1.165) is 4.90 Å². The standard InChI is InChI=1S/C15H18N2O4/c1-10(13(18)19)17(14(20)21-15(2,3)4)12-7-5-11(9-16)6-8-12/h5-8,10H,1-4H3,(H,18,19)/t10-/m0/s1. The molecule has 0 radical (unpaired) electrons. The fourth-order valence-corrected chi connectivity index (χ4v) is 1.61. The van der Waals surface area contributed by atoms with Gasteiger partial charge in [-0.15, -0.1) is 0 Å². The van der Waals surface area contributed by atoms with E-state index >= 15 is 0 Å². The van der Waals surface area contributed by atoms with E-state index < -0.39 is 23.7 Å². The SMILES string of the molecule is C[C@@H](C(=O)O)N(C(=O)OC(C)(C)C)c1ccc(C#N)cc1. The summed E-state index contributed by atoms with van der Waals surface area (Å²) < 4.78 is 5.24. The van der Waals surface area contributed by atoms with Crippen molar-refractivity contribution in [1.29, 1.82) is 5.26 Å². The average molecular weight is 290 g/mol. The fourth-order valence-electron chi connectivity index (χ4n) is 1.61. The first kappa shape index (κ1) is 16.5. The third-order valence-corrected chi connectivity index (χ3v) is 2.61. The molecule has 0 aliphatic carbocycles. The highest BCUT2D eigenvalue weighted by Crippen LogP contribution is 2.21. The molecule has 0 saturated carbocycles. The van der Waals surface area contributed by atoms with Crippen molar-refractivity contribution in [3.8, 4) is 6.07 Å². The number of rotatable bonds is 3. The summed E-state index contributed by atoms with van der Waals surface area (Å²) in [5.41, 5.74) is 0.0455. The first-order chi connectivity index (χ1) is 9.65. The zero-order chi connectivity index (χ0) is 16.2. The summed E-state index contributed by atoms with van der Waals surface area (Å²) >= 11 is 0. The molecule has 0 saturated heterocycles. The van der Waals surface area contributed by atoms with E-state index in [4.69, 9.17) is 15.1 Å². The van der Waals surface area contributed by atoms with Crippen LogP contribution in [0.3, 0.4) is 0 Å². The molecule has 0 bridgehead atoms. The number of nitrogens with zero attached hydrogens (tertiary/aromatic N) is 2. The van der Waals surface area contributed by atoms with Gasteiger partial charge in [-0.2, -0.15) is 5.26 Å². The predicted molar refractivity (Wildman–Crippen MR) is 77.0 cm³/mol. The van der Waals surface area contributed by atoms with E-state index in [1.807, 2.05) is 6.07 Å². The van der Waals surface area contributed by atoms with Gasteiger partial charge in [-0.1, -0.05) is 0 Å². The Morgan fingerprint density at radius 3 is 2.19 bits per heavy atom. The maximum absolute atomic E-state index is 12.2. The summed E-state index contributed by atoms with van der Waals surface area (Å²) in [4.78, 5) is 24.5. The molecule has 6 nitrogen and oxygen atoms in total. The second kappa shape index (κ2) is 6.27. The molecule has 21 heavy (non-hydrogen) atoms. The summed E-state index contributed by atoms with van der Waals surface area (Å²) in [5, 5.41) is 17.9. The van der Waals surface area contributed by atoms with Crippen LogP contribution in [0.1, 0.15) is 33.3 Å². The molecule has 0 aromatic heterocycles. The number of benzene rings is 1. The van der Waals surface area contributed by atoms with Crippen molar-refractivity contribution in [3.05, 3.63) is 29.8 Å². The van der Waals surface area contributed by atoms with Crippen LogP contribution in [0.15, 0.2) is 24.3 Å². The number of hydrogen-bond acceptors (Lipinski definition) is 4. The zero-order valence-corrected chi connectivity index (χ0v) is 12.5. The van der Waals surface area contributed by atoms with Gasteiger partial charge in [-0.25, -0.2) is 9.59 Å². The third-order valence-electron chi connectivity index (χ3n) is 2.61. The lowest BCUT2D eigenvalue weighted by Crippen LogP contribution is -2.46. The van der Waals surface area contributed by atoms with Crippen molar-refractivity contribution >= 4 is 17.7 Å². The van der Waals surface area contributed by atoms with Gasteiger partial charge < -0.3 is 9.84 Å². The number of nitriles is 1. The first-order valence-electron chi connectivity index (χ1n) is 6.41. The number of ether oxygens (including phenoxy) is 1. The van der Waals surface area contributed by atoms with Gasteiger partial charge in [0.25, 0.3) is 0 Å². The lowest BCUT2D eigenvalue weighted by Gasteiger charge is -2.29. The summed E-state index contributed by atoms with van der Waals surface area (Å²) in [5.74, 6) is -1.15. The highest BCUT2D eigenvalue weighted by atomic mass is 16.6. The number of anilines is 1. The van der Waals surface area contributed by atoms with Crippen LogP contribution < -0.4 is 4.90 Å². The van der Waals surface area contributed by atoms with Crippen molar-refractivity contribution in [2.45, 2.75) is 39.3 Å². The zero-order valence-electron chi connectivity index (χ0n) is 12.5. The molecule has 0 unspecified atom stereocenters. The monoisotopic (exact) mass is 290 g/mol. The highest BCUT2D eigenvalue weighted by Gasteiger charge is 2.31. The molecule has 1 atom stereocenters. The quantitative estimate of drug-likeness (QED) is 0.924. The van der Waals surface area contributed by atoms with Crippen LogP contribution >= 0.6 is 0 Å². The molecular formula is C15H18N2O4. The maximum Gasteiger partial charge on any atom is 0.415 e. The molecule has 1 amide bonds. The van der Waals surface area contributed by atoms with Gasteiger partial charge in [0.05, 0.1) is 11.6 Å². The number of aliphatic carboxylic acids is 1. The van der Waals surface area contributed by atoms with Crippen LogP contribution in [0.25, 0.3) is 0 Å². The molecule has 0 heterocycles. The van der Waals surface area contributed by atoms with E-state index in [1.165, 1.54) is 31.2 Å². The molecule has 0 spiro atoms. The molecule has 1 aromatic carbocycles. The normalized spacial score (nSPS) is 12.1. The van der Waals surface area contributed by atoms with Gasteiger partial charge in [-0.05, 0) is 52.0 Å². The highest BCUT2D eigenvalue weighted by molar-refractivity contribution is 5.95. The van der Waals surface area contributed by atoms with Crippen molar-refractivity contribution in [1.82, 2.24) is 0 Å². The minimum atomic E-state index is -1.15. The lowest BCUT2D eigenvalue weighted by molar-refractivity contribution is -0.138. The van der Waals surface area contributed by atoms with Crippen LogP contribution in [0, 0.1) is 11.3 Å². The molecular weight excluding hydrogens is 272 g/mol. The van der Waals surface area contributed by atoms with Crippen LogP contribution in [0.5, 0.6) is 0 Å². The Morgan fingerprint density at radius 2 is 1.81 bits per heavy atom. The summed E-state index contributed by atoms with van der Waals surface area (Å²) in [6, 6.07) is 6.93. The van der Waals surface area contributed by atoms with Crippen LogP contribution in [-0.4, -0.2) is 28.8 Å². The Kier molecular flexibility index (Phi) is 4.93. The summed E-state index contributed by atoms with van der Waals surface area (Å²) in [6.45, 7) is 6.50. The van der Waals surface area contributed by atoms with Gasteiger partial charge in [0.15, 0.2) is 0 Å². The lowest BCUT2D eigenvalue weighted by atomic mass is 10.1. The molecule has 112 valence electrons. The van der Waals surface area contributed by atoms with Crippen LogP contribution in [-0.2, 0) is 9.53 Å². The van der Waals surface area contributed by atoms with Crippen molar-refractivity contribution in [2.75, 3.05) is 4.90 Å². The second-order valence-corrected chi connectivity index (χ2v) is 5.52.